The van der Waals surface area contributed by atoms with Gasteiger partial charge in [0.15, 0.2) is 0 Å². The lowest BCUT2D eigenvalue weighted by Gasteiger charge is -2.22. The molecule has 0 spiro atoms. The van der Waals surface area contributed by atoms with Gasteiger partial charge in [-0.1, -0.05) is 30.3 Å². The molecule has 1 fully saturated rings. The van der Waals surface area contributed by atoms with E-state index < -0.39 is 10.0 Å². The summed E-state index contributed by atoms with van der Waals surface area (Å²) in [6, 6.07) is 21.3. The van der Waals surface area contributed by atoms with Gasteiger partial charge in [-0.2, -0.15) is 0 Å². The monoisotopic (exact) mass is 489 g/mol. The third kappa shape index (κ3) is 5.00. The number of para-hydroxylation sites is 2. The topological polar surface area (TPSA) is 98.4 Å². The summed E-state index contributed by atoms with van der Waals surface area (Å²) in [5.74, 6) is 0.625. The van der Waals surface area contributed by atoms with Crippen molar-refractivity contribution in [2.24, 2.45) is 0 Å². The second-order valence-corrected chi connectivity index (χ2v) is 10.4. The van der Waals surface area contributed by atoms with Gasteiger partial charge in [-0.25, -0.2) is 13.4 Å². The molecule has 1 aliphatic heterocycles. The summed E-state index contributed by atoms with van der Waals surface area (Å²) >= 11 is 0. The van der Waals surface area contributed by atoms with Crippen molar-refractivity contribution in [3.05, 3.63) is 83.9 Å². The van der Waals surface area contributed by atoms with Gasteiger partial charge in [0.25, 0.3) is 15.9 Å². The van der Waals surface area contributed by atoms with E-state index >= 15 is 0 Å². The number of H-pyrrole nitrogens is 1. The van der Waals surface area contributed by atoms with Crippen LogP contribution in [0.4, 0.5) is 11.6 Å². The quantitative estimate of drug-likeness (QED) is 0.441. The minimum absolute atomic E-state index is 0.0589. The minimum Gasteiger partial charge on any atom is -0.341 e. The highest BCUT2D eigenvalue weighted by Gasteiger charge is 2.23. The van der Waals surface area contributed by atoms with Crippen LogP contribution >= 0.6 is 0 Å². The molecule has 0 radical (unpaired) electrons. The van der Waals surface area contributed by atoms with E-state index in [1.54, 1.807) is 35.2 Å². The lowest BCUT2D eigenvalue weighted by atomic mass is 10.2. The number of hydrogen-bond donors (Lipinski definition) is 2. The van der Waals surface area contributed by atoms with Crippen molar-refractivity contribution in [2.75, 3.05) is 35.8 Å². The smallest absolute Gasteiger partial charge is 0.261 e. The number of carbonyl (C=O) groups is 1. The Balaban J connectivity index is 1.30. The number of benzene rings is 3. The highest BCUT2D eigenvalue weighted by Crippen LogP contribution is 2.21. The van der Waals surface area contributed by atoms with Crippen molar-refractivity contribution in [3.8, 4) is 0 Å². The standard InChI is InChI=1S/C26H27N5O3S/c1-19-7-4-9-21(17-19)29-35(33,34)22-10-5-8-20(18-22)25(32)30-13-6-14-31(16-15-30)26-27-23-11-2-3-12-24(23)28-26/h2-5,7-12,17-18,29H,6,13-16H2,1H3,(H,27,28). The summed E-state index contributed by atoms with van der Waals surface area (Å²) in [6.07, 6.45) is 0.787. The molecule has 35 heavy (non-hydrogen) atoms. The van der Waals surface area contributed by atoms with Crippen molar-refractivity contribution in [3.63, 3.8) is 0 Å². The fourth-order valence-electron chi connectivity index (χ4n) is 4.32. The first kappa shape index (κ1) is 22.9. The fraction of sp³-hybridized carbons (Fsp3) is 0.231. The predicted molar refractivity (Wildman–Crippen MR) is 137 cm³/mol. The van der Waals surface area contributed by atoms with E-state index in [4.69, 9.17) is 0 Å². The summed E-state index contributed by atoms with van der Waals surface area (Å²) in [5.41, 5.74) is 3.69. The first-order valence-corrected chi connectivity index (χ1v) is 13.1. The molecule has 1 aliphatic rings. The number of nitrogens with one attached hydrogen (secondary N) is 2. The Labute approximate surface area is 204 Å². The first-order chi connectivity index (χ1) is 16.9. The van der Waals surface area contributed by atoms with Crippen LogP contribution in [0, 0.1) is 6.92 Å². The maximum Gasteiger partial charge on any atom is 0.261 e. The van der Waals surface area contributed by atoms with Crippen molar-refractivity contribution < 1.29 is 13.2 Å². The summed E-state index contributed by atoms with van der Waals surface area (Å²) in [6.45, 7) is 4.42. The van der Waals surface area contributed by atoms with Gasteiger partial charge >= 0.3 is 0 Å². The van der Waals surface area contributed by atoms with E-state index in [1.165, 1.54) is 12.1 Å². The number of amides is 1. The molecular formula is C26H27N5O3S. The van der Waals surface area contributed by atoms with E-state index in [1.807, 2.05) is 37.3 Å². The largest absolute Gasteiger partial charge is 0.341 e. The zero-order valence-electron chi connectivity index (χ0n) is 19.4. The van der Waals surface area contributed by atoms with Gasteiger partial charge in [-0.15, -0.1) is 0 Å². The first-order valence-electron chi connectivity index (χ1n) is 11.6. The maximum atomic E-state index is 13.3. The highest BCUT2D eigenvalue weighted by molar-refractivity contribution is 7.92. The van der Waals surface area contributed by atoms with Crippen LogP contribution in [0.5, 0.6) is 0 Å². The summed E-state index contributed by atoms with van der Waals surface area (Å²) < 4.78 is 28.5. The third-order valence-electron chi connectivity index (χ3n) is 6.12. The van der Waals surface area contributed by atoms with Gasteiger partial charge in [0.2, 0.25) is 5.95 Å². The van der Waals surface area contributed by atoms with E-state index in [9.17, 15) is 13.2 Å². The van der Waals surface area contributed by atoms with Crippen LogP contribution in [0.25, 0.3) is 11.0 Å². The van der Waals surface area contributed by atoms with Gasteiger partial charge < -0.3 is 14.8 Å². The predicted octanol–water partition coefficient (Wildman–Crippen LogP) is 4.02. The number of hydrogen-bond acceptors (Lipinski definition) is 5. The molecule has 180 valence electrons. The van der Waals surface area contributed by atoms with Crippen molar-refractivity contribution in [2.45, 2.75) is 18.2 Å². The lowest BCUT2D eigenvalue weighted by molar-refractivity contribution is 0.0766. The van der Waals surface area contributed by atoms with Gasteiger partial charge in [0.05, 0.1) is 15.9 Å². The van der Waals surface area contributed by atoms with Crippen LogP contribution in [0.2, 0.25) is 0 Å². The fourth-order valence-corrected chi connectivity index (χ4v) is 5.42. The third-order valence-corrected chi connectivity index (χ3v) is 7.50. The number of fused-ring (bicyclic) bond motifs is 1. The number of nitrogens with zero attached hydrogens (tertiary/aromatic N) is 3. The van der Waals surface area contributed by atoms with Crippen LogP contribution in [0.3, 0.4) is 0 Å². The molecule has 4 aromatic rings. The molecule has 3 aromatic carbocycles. The zero-order chi connectivity index (χ0) is 24.4. The lowest BCUT2D eigenvalue weighted by Crippen LogP contribution is -2.35. The molecule has 2 N–H and O–H groups in total. The second-order valence-electron chi connectivity index (χ2n) is 8.71. The number of anilines is 2. The number of aryl methyl sites for hydroxylation is 1. The zero-order valence-corrected chi connectivity index (χ0v) is 20.3. The van der Waals surface area contributed by atoms with E-state index in [0.29, 0.717) is 30.9 Å². The van der Waals surface area contributed by atoms with Crippen LogP contribution in [-0.2, 0) is 10.0 Å². The van der Waals surface area contributed by atoms with Gasteiger partial charge in [-0.3, -0.25) is 9.52 Å². The molecule has 0 bridgehead atoms. The van der Waals surface area contributed by atoms with Crippen molar-refractivity contribution in [1.29, 1.82) is 0 Å². The van der Waals surface area contributed by atoms with Crippen molar-refractivity contribution in [1.82, 2.24) is 14.9 Å². The second kappa shape index (κ2) is 9.42. The van der Waals surface area contributed by atoms with Crippen LogP contribution in [-0.4, -0.2) is 55.4 Å². The summed E-state index contributed by atoms with van der Waals surface area (Å²) in [7, 11) is -3.82. The minimum atomic E-state index is -3.82. The molecule has 1 aromatic heterocycles. The molecular weight excluding hydrogens is 462 g/mol. The van der Waals surface area contributed by atoms with Crippen molar-refractivity contribution >= 4 is 38.6 Å². The molecule has 0 atom stereocenters. The molecule has 0 unspecified atom stereocenters. The molecule has 2 heterocycles. The molecule has 1 amide bonds. The molecule has 0 aliphatic carbocycles. The average Bonchev–Trinajstić information content (AvgIpc) is 3.13. The number of aromatic nitrogens is 2. The number of sulfonamides is 1. The van der Waals surface area contributed by atoms with E-state index in [0.717, 1.165) is 35.5 Å². The number of aromatic amines is 1. The van der Waals surface area contributed by atoms with Crippen LogP contribution < -0.4 is 9.62 Å². The number of carbonyl (C=O) groups excluding carboxylic acids is 1. The Hall–Kier alpha value is -3.85. The number of imidazole rings is 1. The summed E-state index contributed by atoms with van der Waals surface area (Å²) in [5, 5.41) is 0. The van der Waals surface area contributed by atoms with Crippen LogP contribution in [0.15, 0.2) is 77.7 Å². The highest BCUT2D eigenvalue weighted by atomic mass is 32.2. The SMILES string of the molecule is Cc1cccc(NS(=O)(=O)c2cccc(C(=O)N3CCCN(c4nc5ccccc5[nH]4)CC3)c2)c1. The summed E-state index contributed by atoms with van der Waals surface area (Å²) in [4.78, 5) is 25.3. The Bertz CT molecular complexity index is 1450. The Kier molecular flexibility index (Phi) is 6.17. The molecule has 9 heteroatoms. The van der Waals surface area contributed by atoms with Gasteiger partial charge in [0.1, 0.15) is 0 Å². The van der Waals surface area contributed by atoms with Gasteiger partial charge in [-0.05, 0) is 61.4 Å². The Morgan fingerprint density at radius 2 is 1.77 bits per heavy atom. The van der Waals surface area contributed by atoms with Crippen LogP contribution in [0.1, 0.15) is 22.3 Å². The number of rotatable bonds is 5. The molecule has 5 rings (SSSR count). The molecule has 8 nitrogen and oxygen atoms in total. The van der Waals surface area contributed by atoms with E-state index in [-0.39, 0.29) is 10.8 Å². The Morgan fingerprint density at radius 3 is 2.60 bits per heavy atom. The van der Waals surface area contributed by atoms with E-state index in [2.05, 4.69) is 19.6 Å². The van der Waals surface area contributed by atoms with Gasteiger partial charge in [0, 0.05) is 37.4 Å². The normalized spacial score (nSPS) is 14.7. The molecule has 1 saturated heterocycles. The maximum absolute atomic E-state index is 13.3. The average molecular weight is 490 g/mol. The Morgan fingerprint density at radius 1 is 0.943 bits per heavy atom. The molecule has 0 saturated carbocycles.